The van der Waals surface area contributed by atoms with Gasteiger partial charge < -0.3 is 15.0 Å². The molecule has 2 fully saturated rings. The molecule has 1 heterocycles. The third-order valence-electron chi connectivity index (χ3n) is 4.13. The van der Waals surface area contributed by atoms with Gasteiger partial charge in [0.05, 0.1) is 6.61 Å². The van der Waals surface area contributed by atoms with Crippen molar-refractivity contribution in [2.75, 3.05) is 13.2 Å². The number of rotatable bonds is 5. The molecule has 0 aromatic carbocycles. The molecule has 1 aliphatic heterocycles. The molecule has 1 saturated carbocycles. The monoisotopic (exact) mass is 268 g/mol. The number of urea groups is 1. The number of likely N-dealkylation sites (tertiary alicyclic amines) is 1. The zero-order valence-electron chi connectivity index (χ0n) is 11.9. The van der Waals surface area contributed by atoms with E-state index in [4.69, 9.17) is 4.74 Å². The fraction of sp³-hybridized carbons (Fsp3) is 0.857. The van der Waals surface area contributed by atoms with Crippen LogP contribution in [0.5, 0.6) is 0 Å². The van der Waals surface area contributed by atoms with E-state index in [2.05, 4.69) is 12.2 Å². The van der Waals surface area contributed by atoms with Crippen molar-refractivity contribution in [1.82, 2.24) is 10.2 Å². The lowest BCUT2D eigenvalue weighted by Crippen LogP contribution is -2.53. The Kier molecular flexibility index (Phi) is 4.66. The first-order valence-electron chi connectivity index (χ1n) is 7.41. The third kappa shape index (κ3) is 2.85. The number of esters is 1. The van der Waals surface area contributed by atoms with E-state index in [1.807, 2.05) is 6.92 Å². The molecular weight excluding hydrogens is 244 g/mol. The number of amides is 2. The summed E-state index contributed by atoms with van der Waals surface area (Å²) in [6, 6.07) is -0.255. The summed E-state index contributed by atoms with van der Waals surface area (Å²) in [5.41, 5.74) is 0. The Morgan fingerprint density at radius 2 is 2.11 bits per heavy atom. The van der Waals surface area contributed by atoms with Crippen molar-refractivity contribution in [3.05, 3.63) is 0 Å². The number of carbonyl (C=O) groups is 2. The molecular formula is C14H24N2O3. The minimum Gasteiger partial charge on any atom is -0.464 e. The summed E-state index contributed by atoms with van der Waals surface area (Å²) in [6.45, 7) is 5.00. The second-order valence-corrected chi connectivity index (χ2v) is 5.44. The lowest BCUT2D eigenvalue weighted by Gasteiger charge is -2.33. The molecule has 2 bridgehead atoms. The molecule has 2 amide bonds. The Morgan fingerprint density at radius 3 is 2.79 bits per heavy atom. The summed E-state index contributed by atoms with van der Waals surface area (Å²) >= 11 is 0. The highest BCUT2D eigenvalue weighted by Crippen LogP contribution is 2.42. The van der Waals surface area contributed by atoms with E-state index in [9.17, 15) is 9.59 Å². The van der Waals surface area contributed by atoms with Gasteiger partial charge in [-0.3, -0.25) is 0 Å². The average molecular weight is 268 g/mol. The normalized spacial score (nSPS) is 28.5. The van der Waals surface area contributed by atoms with Gasteiger partial charge in [0.15, 0.2) is 0 Å². The summed E-state index contributed by atoms with van der Waals surface area (Å²) in [5.74, 6) is 0.0774. The van der Waals surface area contributed by atoms with Crippen LogP contribution in [0.15, 0.2) is 0 Å². The molecule has 19 heavy (non-hydrogen) atoms. The van der Waals surface area contributed by atoms with Crippen LogP contribution >= 0.6 is 0 Å². The fourth-order valence-electron chi connectivity index (χ4n) is 3.23. The molecule has 0 unspecified atom stereocenters. The van der Waals surface area contributed by atoms with E-state index < -0.39 is 0 Å². The second-order valence-electron chi connectivity index (χ2n) is 5.44. The number of unbranched alkanes of at least 4 members (excludes halogenated alkanes) is 1. The predicted molar refractivity (Wildman–Crippen MR) is 71.7 cm³/mol. The van der Waals surface area contributed by atoms with Crippen LogP contribution in [0.2, 0.25) is 0 Å². The molecule has 1 N–H and O–H groups in total. The number of piperidine rings is 1. The Labute approximate surface area is 114 Å². The highest BCUT2D eigenvalue weighted by molar-refractivity contribution is 5.85. The van der Waals surface area contributed by atoms with E-state index >= 15 is 0 Å². The van der Waals surface area contributed by atoms with Gasteiger partial charge in [0.1, 0.15) is 6.04 Å². The lowest BCUT2D eigenvalue weighted by atomic mass is 9.99. The molecule has 108 valence electrons. The van der Waals surface area contributed by atoms with E-state index in [0.717, 1.165) is 32.1 Å². The Hall–Kier alpha value is -1.26. The smallest absolute Gasteiger partial charge is 0.329 e. The van der Waals surface area contributed by atoms with Crippen molar-refractivity contribution in [3.63, 3.8) is 0 Å². The van der Waals surface area contributed by atoms with Crippen LogP contribution in [0, 0.1) is 5.92 Å². The van der Waals surface area contributed by atoms with Crippen LogP contribution in [0.4, 0.5) is 4.79 Å². The lowest BCUT2D eigenvalue weighted by molar-refractivity contribution is -0.150. The molecule has 2 rings (SSSR count). The average Bonchev–Trinajstić information content (AvgIpc) is 2.99. The second kappa shape index (κ2) is 6.26. The van der Waals surface area contributed by atoms with Crippen molar-refractivity contribution in [1.29, 1.82) is 0 Å². The largest absolute Gasteiger partial charge is 0.464 e. The molecule has 0 spiro atoms. The molecule has 1 aliphatic carbocycles. The van der Waals surface area contributed by atoms with Crippen molar-refractivity contribution in [2.45, 2.75) is 58.0 Å². The highest BCUT2D eigenvalue weighted by atomic mass is 16.5. The number of hydrogen-bond acceptors (Lipinski definition) is 3. The molecule has 5 nitrogen and oxygen atoms in total. The van der Waals surface area contributed by atoms with Gasteiger partial charge in [-0.15, -0.1) is 0 Å². The topological polar surface area (TPSA) is 58.6 Å². The van der Waals surface area contributed by atoms with Gasteiger partial charge in [-0.2, -0.15) is 0 Å². The first-order chi connectivity index (χ1) is 9.19. The van der Waals surface area contributed by atoms with Crippen LogP contribution in [0.3, 0.4) is 0 Å². The number of nitrogens with one attached hydrogen (secondary N) is 1. The number of ether oxygens (including phenoxy) is 1. The van der Waals surface area contributed by atoms with Gasteiger partial charge >= 0.3 is 12.0 Å². The summed E-state index contributed by atoms with van der Waals surface area (Å²) in [4.78, 5) is 26.0. The van der Waals surface area contributed by atoms with Gasteiger partial charge in [0.25, 0.3) is 0 Å². The fourth-order valence-corrected chi connectivity index (χ4v) is 3.23. The minimum atomic E-state index is -0.359. The molecule has 2 aliphatic rings. The zero-order chi connectivity index (χ0) is 13.8. The maximum atomic E-state index is 12.2. The van der Waals surface area contributed by atoms with Gasteiger partial charge in [-0.25, -0.2) is 9.59 Å². The van der Waals surface area contributed by atoms with E-state index in [1.54, 1.807) is 4.90 Å². The molecule has 0 aromatic heterocycles. The number of fused-ring (bicyclic) bond motifs is 2. The van der Waals surface area contributed by atoms with Gasteiger partial charge in [0.2, 0.25) is 0 Å². The summed E-state index contributed by atoms with van der Waals surface area (Å²) in [7, 11) is 0. The Balaban J connectivity index is 1.99. The Morgan fingerprint density at radius 1 is 1.32 bits per heavy atom. The maximum absolute atomic E-state index is 12.2. The summed E-state index contributed by atoms with van der Waals surface area (Å²) < 4.78 is 5.32. The maximum Gasteiger partial charge on any atom is 0.329 e. The van der Waals surface area contributed by atoms with Crippen LogP contribution in [-0.4, -0.2) is 42.1 Å². The van der Waals surface area contributed by atoms with E-state index in [1.165, 1.54) is 0 Å². The Bertz CT molecular complexity index is 346. The number of nitrogens with zero attached hydrogens (tertiary/aromatic N) is 1. The predicted octanol–water partition coefficient (Wildman–Crippen LogP) is 1.91. The first-order valence-corrected chi connectivity index (χ1v) is 7.41. The van der Waals surface area contributed by atoms with Crippen LogP contribution in [-0.2, 0) is 9.53 Å². The van der Waals surface area contributed by atoms with Crippen molar-refractivity contribution < 1.29 is 14.3 Å². The van der Waals surface area contributed by atoms with Crippen LogP contribution < -0.4 is 5.32 Å². The van der Waals surface area contributed by atoms with Gasteiger partial charge in [-0.1, -0.05) is 13.3 Å². The third-order valence-corrected chi connectivity index (χ3v) is 4.13. The minimum absolute atomic E-state index is 0.118. The van der Waals surface area contributed by atoms with Crippen LogP contribution in [0.1, 0.15) is 46.0 Å². The molecule has 0 aromatic rings. The summed E-state index contributed by atoms with van der Waals surface area (Å²) in [6.07, 6.45) is 4.89. The molecule has 1 saturated heterocycles. The van der Waals surface area contributed by atoms with Gasteiger partial charge in [-0.05, 0) is 38.5 Å². The quantitative estimate of drug-likeness (QED) is 0.612. The molecule has 0 radical (unpaired) electrons. The van der Waals surface area contributed by atoms with E-state index in [-0.39, 0.29) is 24.1 Å². The number of hydrogen-bond donors (Lipinski definition) is 1. The standard InChI is InChI=1S/C14H24N2O3/c1-3-5-8-19-13(17)12-10-6-7-11(9-10)16(12)14(18)15-4-2/h10-12H,3-9H2,1-2H3,(H,15,18)/t10-,11-,12+/m0/s1. The van der Waals surface area contributed by atoms with Crippen LogP contribution in [0.25, 0.3) is 0 Å². The van der Waals surface area contributed by atoms with Crippen molar-refractivity contribution in [3.8, 4) is 0 Å². The van der Waals surface area contributed by atoms with Crippen molar-refractivity contribution >= 4 is 12.0 Å². The summed E-state index contributed by atoms with van der Waals surface area (Å²) in [5, 5.41) is 2.80. The van der Waals surface area contributed by atoms with E-state index in [0.29, 0.717) is 19.1 Å². The van der Waals surface area contributed by atoms with Crippen molar-refractivity contribution in [2.24, 2.45) is 5.92 Å². The highest BCUT2D eigenvalue weighted by Gasteiger charge is 2.51. The molecule has 3 atom stereocenters. The van der Waals surface area contributed by atoms with Gasteiger partial charge in [0, 0.05) is 12.6 Å². The zero-order valence-corrected chi connectivity index (χ0v) is 11.9. The number of carbonyl (C=O) groups excluding carboxylic acids is 2. The SMILES string of the molecule is CCCCOC(=O)[C@H]1[C@H]2CC[C@@H](C2)N1C(=O)NCC. The first kappa shape index (κ1) is 14.2. The molecule has 5 heteroatoms.